The van der Waals surface area contributed by atoms with Gasteiger partial charge in [0.05, 0.1) is 12.3 Å². The van der Waals surface area contributed by atoms with Crippen LogP contribution in [0.1, 0.15) is 44.1 Å². The molecule has 0 N–H and O–H groups in total. The molecular weight excluding hydrogens is 340 g/mol. The number of amides is 2. The van der Waals surface area contributed by atoms with Crippen molar-refractivity contribution in [1.82, 2.24) is 14.8 Å². The highest BCUT2D eigenvalue weighted by molar-refractivity contribution is 6.02. The first-order chi connectivity index (χ1) is 13.2. The number of carbonyl (C=O) groups excluding carboxylic acids is 2. The van der Waals surface area contributed by atoms with Crippen LogP contribution in [0, 0.1) is 0 Å². The van der Waals surface area contributed by atoms with Crippen LogP contribution in [0.4, 0.5) is 0 Å². The van der Waals surface area contributed by atoms with E-state index < -0.39 is 0 Å². The molecule has 1 aromatic carbocycles. The van der Waals surface area contributed by atoms with E-state index in [9.17, 15) is 9.59 Å². The second-order valence-corrected chi connectivity index (χ2v) is 7.68. The van der Waals surface area contributed by atoms with Gasteiger partial charge >= 0.3 is 0 Å². The summed E-state index contributed by atoms with van der Waals surface area (Å²) in [6.07, 6.45) is 4.75. The quantitative estimate of drug-likeness (QED) is 0.800. The minimum atomic E-state index is -0.0512. The van der Waals surface area contributed by atoms with Crippen LogP contribution in [0.5, 0.6) is 0 Å². The monoisotopic (exact) mass is 368 g/mol. The van der Waals surface area contributed by atoms with Crippen molar-refractivity contribution >= 4 is 17.5 Å². The molecule has 0 aliphatic carbocycles. The number of piperidine rings is 1. The fourth-order valence-electron chi connectivity index (χ4n) is 4.16. The van der Waals surface area contributed by atoms with Gasteiger partial charge < -0.3 is 9.80 Å². The summed E-state index contributed by atoms with van der Waals surface area (Å²) in [6, 6.07) is 10.6. The average molecular weight is 368 g/mol. The van der Waals surface area contributed by atoms with Crippen LogP contribution < -0.4 is 0 Å². The number of hydrogen-bond acceptors (Lipinski definition) is 4. The Morgan fingerprint density at radius 1 is 0.926 bits per heavy atom. The molecule has 3 aliphatic rings. The smallest absolute Gasteiger partial charge is 0.243 e. The van der Waals surface area contributed by atoms with E-state index in [0.29, 0.717) is 19.0 Å². The third kappa shape index (κ3) is 4.21. The van der Waals surface area contributed by atoms with Gasteiger partial charge in [0, 0.05) is 38.4 Å². The van der Waals surface area contributed by atoms with Gasteiger partial charge in [0.2, 0.25) is 11.8 Å². The lowest BCUT2D eigenvalue weighted by molar-refractivity contribution is -0.137. The first-order valence-electron chi connectivity index (χ1n) is 10.2. The molecule has 0 aromatic heterocycles. The van der Waals surface area contributed by atoms with Gasteiger partial charge in [-0.25, -0.2) is 5.01 Å². The molecule has 6 heteroatoms. The molecule has 0 unspecified atom stereocenters. The number of likely N-dealkylation sites (tertiary alicyclic amines) is 2. The second-order valence-electron chi connectivity index (χ2n) is 7.68. The summed E-state index contributed by atoms with van der Waals surface area (Å²) in [6.45, 7) is 4.70. The van der Waals surface area contributed by atoms with Crippen LogP contribution in [0.2, 0.25) is 0 Å². The van der Waals surface area contributed by atoms with Crippen LogP contribution in [0.3, 0.4) is 0 Å². The Bertz CT molecular complexity index is 706. The van der Waals surface area contributed by atoms with Crippen molar-refractivity contribution in [3.63, 3.8) is 0 Å². The molecule has 0 bridgehead atoms. The molecule has 144 valence electrons. The third-order valence-electron chi connectivity index (χ3n) is 5.97. The van der Waals surface area contributed by atoms with Gasteiger partial charge in [-0.1, -0.05) is 30.3 Å². The lowest BCUT2D eigenvalue weighted by Gasteiger charge is -2.43. The number of hydrazone groups is 1. The summed E-state index contributed by atoms with van der Waals surface area (Å²) < 4.78 is 0. The zero-order valence-corrected chi connectivity index (χ0v) is 15.8. The lowest BCUT2D eigenvalue weighted by Crippen LogP contribution is -2.51. The van der Waals surface area contributed by atoms with E-state index in [1.165, 1.54) is 24.5 Å². The van der Waals surface area contributed by atoms with Gasteiger partial charge in [-0.2, -0.15) is 5.10 Å². The topological polar surface area (TPSA) is 56.2 Å². The Balaban J connectivity index is 1.22. The Labute approximate surface area is 160 Å². The Kier molecular flexibility index (Phi) is 5.53. The van der Waals surface area contributed by atoms with Gasteiger partial charge in [0.15, 0.2) is 0 Å². The molecule has 3 heterocycles. The molecule has 4 rings (SSSR count). The minimum absolute atomic E-state index is 0.0512. The fraction of sp³-hybridized carbons (Fsp3) is 0.571. The Hall–Kier alpha value is -2.21. The van der Waals surface area contributed by atoms with Crippen molar-refractivity contribution in [3.8, 4) is 0 Å². The summed E-state index contributed by atoms with van der Waals surface area (Å²) in [7, 11) is 0. The number of carbonyl (C=O) groups is 2. The standard InChI is InChI=1S/C21H28N4O2/c26-20(24-14-9-18(10-15-24)23-12-4-13-23)7-8-21(27)25-16-11-19(22-25)17-5-2-1-3-6-17/h1-3,5-6,18H,4,7-16H2. The normalized spacial score (nSPS) is 21.1. The average Bonchev–Trinajstić information content (AvgIpc) is 3.16. The first-order valence-corrected chi connectivity index (χ1v) is 10.2. The van der Waals surface area contributed by atoms with E-state index in [2.05, 4.69) is 10.0 Å². The van der Waals surface area contributed by atoms with Crippen molar-refractivity contribution in [1.29, 1.82) is 0 Å². The summed E-state index contributed by atoms with van der Waals surface area (Å²) >= 11 is 0. The zero-order valence-electron chi connectivity index (χ0n) is 15.8. The predicted molar refractivity (Wildman–Crippen MR) is 104 cm³/mol. The maximum absolute atomic E-state index is 12.5. The number of benzene rings is 1. The summed E-state index contributed by atoms with van der Waals surface area (Å²) in [5.74, 6) is 0.0571. The van der Waals surface area contributed by atoms with Crippen molar-refractivity contribution in [2.24, 2.45) is 5.10 Å². The molecule has 3 aliphatic heterocycles. The molecule has 0 saturated carbocycles. The van der Waals surface area contributed by atoms with E-state index in [-0.39, 0.29) is 18.2 Å². The SMILES string of the molecule is O=C(CCC(=O)N1CCC(c2ccccc2)=N1)N1CCC(N2CCC2)CC1. The molecule has 2 saturated heterocycles. The fourth-order valence-corrected chi connectivity index (χ4v) is 4.16. The maximum atomic E-state index is 12.5. The predicted octanol–water partition coefficient (Wildman–Crippen LogP) is 2.10. The molecule has 0 radical (unpaired) electrons. The molecule has 2 amide bonds. The summed E-state index contributed by atoms with van der Waals surface area (Å²) in [4.78, 5) is 29.4. The van der Waals surface area contributed by atoms with Gasteiger partial charge in [-0.05, 0) is 37.9 Å². The molecule has 0 atom stereocenters. The molecule has 27 heavy (non-hydrogen) atoms. The van der Waals surface area contributed by atoms with Gasteiger partial charge in [-0.15, -0.1) is 0 Å². The molecule has 6 nitrogen and oxygen atoms in total. The van der Waals surface area contributed by atoms with Crippen LogP contribution in [0.15, 0.2) is 35.4 Å². The molecule has 1 aromatic rings. The Morgan fingerprint density at radius 2 is 1.63 bits per heavy atom. The second kappa shape index (κ2) is 8.21. The highest BCUT2D eigenvalue weighted by atomic mass is 16.2. The summed E-state index contributed by atoms with van der Waals surface area (Å²) in [5.41, 5.74) is 2.01. The minimum Gasteiger partial charge on any atom is -0.343 e. The van der Waals surface area contributed by atoms with E-state index >= 15 is 0 Å². The largest absolute Gasteiger partial charge is 0.343 e. The number of nitrogens with zero attached hydrogens (tertiary/aromatic N) is 4. The zero-order chi connectivity index (χ0) is 18.6. The molecule has 2 fully saturated rings. The van der Waals surface area contributed by atoms with Crippen molar-refractivity contribution in [3.05, 3.63) is 35.9 Å². The van der Waals surface area contributed by atoms with E-state index in [1.54, 1.807) is 0 Å². The van der Waals surface area contributed by atoms with Crippen LogP contribution >= 0.6 is 0 Å². The van der Waals surface area contributed by atoms with E-state index in [0.717, 1.165) is 43.6 Å². The Morgan fingerprint density at radius 3 is 2.30 bits per heavy atom. The van der Waals surface area contributed by atoms with Gasteiger partial charge in [0.25, 0.3) is 0 Å². The van der Waals surface area contributed by atoms with Crippen LogP contribution in [-0.4, -0.2) is 71.1 Å². The van der Waals surface area contributed by atoms with Crippen molar-refractivity contribution < 1.29 is 9.59 Å². The van der Waals surface area contributed by atoms with Gasteiger partial charge in [0.1, 0.15) is 0 Å². The van der Waals surface area contributed by atoms with E-state index in [4.69, 9.17) is 0 Å². The molecule has 0 spiro atoms. The van der Waals surface area contributed by atoms with Crippen molar-refractivity contribution in [2.45, 2.75) is 44.6 Å². The number of rotatable bonds is 5. The van der Waals surface area contributed by atoms with Crippen LogP contribution in [0.25, 0.3) is 0 Å². The van der Waals surface area contributed by atoms with Gasteiger partial charge in [-0.3, -0.25) is 9.59 Å². The van der Waals surface area contributed by atoms with E-state index in [1.807, 2.05) is 35.2 Å². The first kappa shape index (κ1) is 18.2. The van der Waals surface area contributed by atoms with Crippen LogP contribution in [-0.2, 0) is 9.59 Å². The number of hydrogen-bond donors (Lipinski definition) is 0. The summed E-state index contributed by atoms with van der Waals surface area (Å²) in [5, 5.41) is 6.00. The van der Waals surface area contributed by atoms with Crippen molar-refractivity contribution in [2.75, 3.05) is 32.7 Å². The third-order valence-corrected chi connectivity index (χ3v) is 5.97. The highest BCUT2D eigenvalue weighted by Crippen LogP contribution is 2.22. The lowest BCUT2D eigenvalue weighted by atomic mass is 9.99. The molecular formula is C21H28N4O2. The highest BCUT2D eigenvalue weighted by Gasteiger charge is 2.30. The maximum Gasteiger partial charge on any atom is 0.243 e.